The number of carbonyl (C=O) groups excluding carboxylic acids is 1. The van der Waals surface area contributed by atoms with Gasteiger partial charge < -0.3 is 9.47 Å². The van der Waals surface area contributed by atoms with E-state index in [0.29, 0.717) is 12.0 Å². The van der Waals surface area contributed by atoms with Gasteiger partial charge in [-0.25, -0.2) is 4.79 Å². The lowest BCUT2D eigenvalue weighted by Gasteiger charge is -2.33. The summed E-state index contributed by atoms with van der Waals surface area (Å²) in [6.07, 6.45) is 4.63. The van der Waals surface area contributed by atoms with E-state index in [9.17, 15) is 4.79 Å². The third kappa shape index (κ3) is 2.08. The van der Waals surface area contributed by atoms with Crippen LogP contribution < -0.4 is 0 Å². The van der Waals surface area contributed by atoms with E-state index >= 15 is 0 Å². The lowest BCUT2D eigenvalue weighted by atomic mass is 9.95. The summed E-state index contributed by atoms with van der Waals surface area (Å²) in [6.45, 7) is 2.80. The Morgan fingerprint density at radius 3 is 2.92 bits per heavy atom. The molecule has 0 saturated carbocycles. The fraction of sp³-hybridized carbons (Fsp3) is 0.667. The molecule has 0 aliphatic carbocycles. The maximum absolute atomic E-state index is 10.7. The predicted octanol–water partition coefficient (Wildman–Crippen LogP) is 1.14. The lowest BCUT2D eigenvalue weighted by Crippen LogP contribution is -2.37. The van der Waals surface area contributed by atoms with Gasteiger partial charge in [0.1, 0.15) is 0 Å². The number of methoxy groups -OCH3 is 1. The van der Waals surface area contributed by atoms with E-state index in [2.05, 4.69) is 11.7 Å². The number of hydrogen-bond acceptors (Lipinski definition) is 3. The SMILES string of the molecule is CCC1OCC1C=CC(=O)OC. The molecule has 2 unspecified atom stereocenters. The highest BCUT2D eigenvalue weighted by molar-refractivity contribution is 5.81. The minimum absolute atomic E-state index is 0.295. The maximum atomic E-state index is 10.7. The zero-order valence-electron chi connectivity index (χ0n) is 7.45. The molecule has 3 heteroatoms. The fourth-order valence-electron chi connectivity index (χ4n) is 1.21. The van der Waals surface area contributed by atoms with Crippen LogP contribution in [-0.4, -0.2) is 25.8 Å². The molecule has 0 radical (unpaired) electrons. The molecule has 0 amide bonds. The van der Waals surface area contributed by atoms with Crippen LogP contribution in [0.25, 0.3) is 0 Å². The van der Waals surface area contributed by atoms with Crippen LogP contribution >= 0.6 is 0 Å². The Bertz CT molecular complexity index is 184. The molecule has 3 nitrogen and oxygen atoms in total. The zero-order chi connectivity index (χ0) is 8.97. The Morgan fingerprint density at radius 1 is 1.75 bits per heavy atom. The average Bonchev–Trinajstić information content (AvgIpc) is 2.03. The monoisotopic (exact) mass is 170 g/mol. The standard InChI is InChI=1S/C9H14O3/c1-3-8-7(6-12-8)4-5-9(10)11-2/h4-5,7-8H,3,6H2,1-2H3. The van der Waals surface area contributed by atoms with Crippen molar-refractivity contribution in [1.82, 2.24) is 0 Å². The average molecular weight is 170 g/mol. The molecule has 1 heterocycles. The first kappa shape index (κ1) is 9.26. The third-order valence-corrected chi connectivity index (χ3v) is 2.06. The highest BCUT2D eigenvalue weighted by atomic mass is 16.5. The van der Waals surface area contributed by atoms with Crippen LogP contribution in [0.15, 0.2) is 12.2 Å². The van der Waals surface area contributed by atoms with E-state index in [1.54, 1.807) is 0 Å². The van der Waals surface area contributed by atoms with Crippen molar-refractivity contribution < 1.29 is 14.3 Å². The molecule has 1 aliphatic rings. The van der Waals surface area contributed by atoms with Gasteiger partial charge in [0.25, 0.3) is 0 Å². The first-order valence-electron chi connectivity index (χ1n) is 4.15. The molecular weight excluding hydrogens is 156 g/mol. The van der Waals surface area contributed by atoms with Crippen LogP contribution in [-0.2, 0) is 14.3 Å². The van der Waals surface area contributed by atoms with Crippen LogP contribution in [0, 0.1) is 5.92 Å². The topological polar surface area (TPSA) is 35.5 Å². The van der Waals surface area contributed by atoms with Crippen molar-refractivity contribution in [3.05, 3.63) is 12.2 Å². The van der Waals surface area contributed by atoms with E-state index in [4.69, 9.17) is 4.74 Å². The van der Waals surface area contributed by atoms with Crippen molar-refractivity contribution in [3.63, 3.8) is 0 Å². The molecule has 12 heavy (non-hydrogen) atoms. The Hall–Kier alpha value is -0.830. The molecule has 1 rings (SSSR count). The summed E-state index contributed by atoms with van der Waals surface area (Å²) in [5.74, 6) is 0.103. The number of ether oxygens (including phenoxy) is 2. The summed E-state index contributed by atoms with van der Waals surface area (Å²) >= 11 is 0. The Labute approximate surface area is 72.4 Å². The van der Waals surface area contributed by atoms with Crippen molar-refractivity contribution in [2.75, 3.05) is 13.7 Å². The van der Waals surface area contributed by atoms with Gasteiger partial charge in [0.2, 0.25) is 0 Å². The minimum atomic E-state index is -0.295. The van der Waals surface area contributed by atoms with Crippen molar-refractivity contribution in [2.45, 2.75) is 19.4 Å². The molecule has 1 fully saturated rings. The molecule has 1 aliphatic heterocycles. The van der Waals surface area contributed by atoms with Crippen LogP contribution in [0.4, 0.5) is 0 Å². The van der Waals surface area contributed by atoms with Gasteiger partial charge >= 0.3 is 5.97 Å². The number of carbonyl (C=O) groups is 1. The highest BCUT2D eigenvalue weighted by Gasteiger charge is 2.27. The summed E-state index contributed by atoms with van der Waals surface area (Å²) in [6, 6.07) is 0. The smallest absolute Gasteiger partial charge is 0.330 e. The molecular formula is C9H14O3. The summed E-state index contributed by atoms with van der Waals surface area (Å²) in [5, 5.41) is 0. The molecule has 0 bridgehead atoms. The normalized spacial score (nSPS) is 28.5. The minimum Gasteiger partial charge on any atom is -0.466 e. The summed E-state index contributed by atoms with van der Waals surface area (Å²) in [7, 11) is 1.38. The van der Waals surface area contributed by atoms with Gasteiger partial charge in [0.15, 0.2) is 0 Å². The van der Waals surface area contributed by atoms with Crippen LogP contribution in [0.2, 0.25) is 0 Å². The summed E-state index contributed by atoms with van der Waals surface area (Å²) in [4.78, 5) is 10.7. The largest absolute Gasteiger partial charge is 0.466 e. The summed E-state index contributed by atoms with van der Waals surface area (Å²) < 4.78 is 9.73. The molecule has 68 valence electrons. The van der Waals surface area contributed by atoms with Gasteiger partial charge in [0, 0.05) is 12.0 Å². The predicted molar refractivity (Wildman–Crippen MR) is 44.7 cm³/mol. The first-order valence-corrected chi connectivity index (χ1v) is 4.15. The number of esters is 1. The number of hydrogen-bond donors (Lipinski definition) is 0. The van der Waals surface area contributed by atoms with Crippen molar-refractivity contribution in [1.29, 1.82) is 0 Å². The Kier molecular flexibility index (Phi) is 3.29. The van der Waals surface area contributed by atoms with E-state index in [0.717, 1.165) is 13.0 Å². The molecule has 0 aromatic carbocycles. The maximum Gasteiger partial charge on any atom is 0.330 e. The van der Waals surface area contributed by atoms with Gasteiger partial charge in [-0.1, -0.05) is 13.0 Å². The van der Waals surface area contributed by atoms with Gasteiger partial charge in [-0.05, 0) is 6.42 Å². The van der Waals surface area contributed by atoms with Gasteiger partial charge in [-0.3, -0.25) is 0 Å². The second-order valence-electron chi connectivity index (χ2n) is 2.83. The second-order valence-corrected chi connectivity index (χ2v) is 2.83. The van der Waals surface area contributed by atoms with Gasteiger partial charge in [0.05, 0.1) is 19.8 Å². The molecule has 0 aromatic heterocycles. The van der Waals surface area contributed by atoms with E-state index < -0.39 is 0 Å². The van der Waals surface area contributed by atoms with Crippen LogP contribution in [0.5, 0.6) is 0 Å². The second kappa shape index (κ2) is 4.26. The van der Waals surface area contributed by atoms with Crippen LogP contribution in [0.1, 0.15) is 13.3 Å². The molecule has 0 N–H and O–H groups in total. The molecule has 2 atom stereocenters. The Morgan fingerprint density at radius 2 is 2.50 bits per heavy atom. The highest BCUT2D eigenvalue weighted by Crippen LogP contribution is 2.23. The van der Waals surface area contributed by atoms with Crippen LogP contribution in [0.3, 0.4) is 0 Å². The van der Waals surface area contributed by atoms with E-state index in [1.165, 1.54) is 13.2 Å². The number of rotatable bonds is 3. The van der Waals surface area contributed by atoms with Crippen molar-refractivity contribution in [3.8, 4) is 0 Å². The lowest BCUT2D eigenvalue weighted by molar-refractivity contribution is -0.135. The van der Waals surface area contributed by atoms with E-state index in [1.807, 2.05) is 6.08 Å². The molecule has 1 saturated heterocycles. The Balaban J connectivity index is 2.31. The van der Waals surface area contributed by atoms with Gasteiger partial charge in [-0.15, -0.1) is 0 Å². The van der Waals surface area contributed by atoms with Crippen molar-refractivity contribution >= 4 is 5.97 Å². The zero-order valence-corrected chi connectivity index (χ0v) is 7.45. The molecule has 0 aromatic rings. The quantitative estimate of drug-likeness (QED) is 0.470. The summed E-state index contributed by atoms with van der Waals surface area (Å²) in [5.41, 5.74) is 0. The fourth-order valence-corrected chi connectivity index (χ4v) is 1.21. The third-order valence-electron chi connectivity index (χ3n) is 2.06. The van der Waals surface area contributed by atoms with E-state index in [-0.39, 0.29) is 5.97 Å². The molecule has 0 spiro atoms. The van der Waals surface area contributed by atoms with Gasteiger partial charge in [-0.2, -0.15) is 0 Å². The van der Waals surface area contributed by atoms with Crippen molar-refractivity contribution in [2.24, 2.45) is 5.92 Å². The first-order chi connectivity index (χ1) is 5.77.